The maximum atomic E-state index is 5.70. The zero-order valence-corrected chi connectivity index (χ0v) is 10.6. The number of hydrogen-bond donors (Lipinski definition) is 1. The van der Waals surface area contributed by atoms with Crippen LogP contribution in [-0.4, -0.2) is 23.2 Å². The Bertz CT molecular complexity index is 585. The second kappa shape index (κ2) is 3.70. The van der Waals surface area contributed by atoms with Gasteiger partial charge in [-0.3, -0.25) is 0 Å². The molecule has 4 heteroatoms. The van der Waals surface area contributed by atoms with Gasteiger partial charge in [0.25, 0.3) is 0 Å². The lowest BCUT2D eigenvalue weighted by molar-refractivity contribution is 0.432. The van der Waals surface area contributed by atoms with Crippen molar-refractivity contribution >= 4 is 11.8 Å². The Labute approximate surface area is 107 Å². The highest BCUT2D eigenvalue weighted by molar-refractivity contribution is 6.04. The van der Waals surface area contributed by atoms with Crippen molar-refractivity contribution in [3.05, 3.63) is 47.7 Å². The smallest absolute Gasteiger partial charge is 0.227 e. The maximum absolute atomic E-state index is 5.70. The van der Waals surface area contributed by atoms with E-state index in [-0.39, 0.29) is 5.54 Å². The Morgan fingerprint density at radius 1 is 1.39 bits per heavy atom. The van der Waals surface area contributed by atoms with E-state index in [4.69, 9.17) is 10.7 Å². The maximum Gasteiger partial charge on any atom is 0.227 e. The van der Waals surface area contributed by atoms with Gasteiger partial charge in [0.05, 0.1) is 6.54 Å². The van der Waals surface area contributed by atoms with Crippen molar-refractivity contribution in [1.29, 1.82) is 0 Å². The molecule has 0 amide bonds. The molecule has 2 heterocycles. The first-order valence-corrected chi connectivity index (χ1v) is 6.03. The van der Waals surface area contributed by atoms with Gasteiger partial charge in [0.1, 0.15) is 11.4 Å². The van der Waals surface area contributed by atoms with E-state index in [2.05, 4.69) is 43.1 Å². The van der Waals surface area contributed by atoms with Gasteiger partial charge >= 0.3 is 0 Å². The summed E-state index contributed by atoms with van der Waals surface area (Å²) >= 11 is 0. The highest BCUT2D eigenvalue weighted by atomic mass is 15.3. The quantitative estimate of drug-likeness (QED) is 0.813. The first-order valence-electron chi connectivity index (χ1n) is 6.03. The summed E-state index contributed by atoms with van der Waals surface area (Å²) < 4.78 is 0. The lowest BCUT2D eigenvalue weighted by Gasteiger charge is -2.23. The fraction of sp³-hybridized carbons (Fsp3) is 0.286. The normalized spacial score (nSPS) is 25.8. The molecule has 3 rings (SSSR count). The standard InChI is InChI=1S/C14H16N4/c1-10-4-3-5-11(8-10)14(2)9-18-7-6-12(15)16-13(18)17-14/h3-8H,9H2,1-2H3,(H2,15,16,17). The Kier molecular flexibility index (Phi) is 2.26. The van der Waals surface area contributed by atoms with Crippen LogP contribution in [-0.2, 0) is 5.54 Å². The van der Waals surface area contributed by atoms with Crippen LogP contribution in [0, 0.1) is 6.92 Å². The van der Waals surface area contributed by atoms with Gasteiger partial charge < -0.3 is 10.6 Å². The van der Waals surface area contributed by atoms with E-state index in [0.717, 1.165) is 6.54 Å². The van der Waals surface area contributed by atoms with Crippen LogP contribution >= 0.6 is 0 Å². The van der Waals surface area contributed by atoms with Crippen molar-refractivity contribution in [2.75, 3.05) is 6.54 Å². The molecule has 2 N–H and O–H groups in total. The van der Waals surface area contributed by atoms with E-state index in [1.165, 1.54) is 11.1 Å². The SMILES string of the molecule is Cc1cccc(C2(C)CN3C=CC(N)=NC3=N2)c1. The van der Waals surface area contributed by atoms with Gasteiger partial charge in [-0.25, -0.2) is 4.99 Å². The Morgan fingerprint density at radius 3 is 3.00 bits per heavy atom. The molecule has 2 aliphatic rings. The summed E-state index contributed by atoms with van der Waals surface area (Å²) in [6, 6.07) is 8.46. The Hall–Kier alpha value is -2.10. The summed E-state index contributed by atoms with van der Waals surface area (Å²) in [7, 11) is 0. The fourth-order valence-corrected chi connectivity index (χ4v) is 2.39. The molecular formula is C14H16N4. The number of rotatable bonds is 1. The van der Waals surface area contributed by atoms with E-state index in [1.807, 2.05) is 11.1 Å². The average Bonchev–Trinajstić information content (AvgIpc) is 2.66. The highest BCUT2D eigenvalue weighted by Gasteiger charge is 2.36. The molecule has 0 radical (unpaired) electrons. The van der Waals surface area contributed by atoms with Crippen molar-refractivity contribution in [3.63, 3.8) is 0 Å². The summed E-state index contributed by atoms with van der Waals surface area (Å²) in [6.07, 6.45) is 3.75. The lowest BCUT2D eigenvalue weighted by Crippen LogP contribution is -2.31. The van der Waals surface area contributed by atoms with Crippen molar-refractivity contribution < 1.29 is 0 Å². The van der Waals surface area contributed by atoms with E-state index in [9.17, 15) is 0 Å². The van der Waals surface area contributed by atoms with E-state index in [0.29, 0.717) is 11.8 Å². The third kappa shape index (κ3) is 1.70. The number of nitrogens with two attached hydrogens (primary N) is 1. The monoisotopic (exact) mass is 240 g/mol. The molecule has 1 aromatic rings. The van der Waals surface area contributed by atoms with Gasteiger partial charge in [0.15, 0.2) is 0 Å². The van der Waals surface area contributed by atoms with Crippen molar-refractivity contribution in [3.8, 4) is 0 Å². The van der Waals surface area contributed by atoms with E-state index >= 15 is 0 Å². The molecule has 0 aromatic heterocycles. The summed E-state index contributed by atoms with van der Waals surface area (Å²) in [4.78, 5) is 11.0. The molecule has 18 heavy (non-hydrogen) atoms. The van der Waals surface area contributed by atoms with Gasteiger partial charge in [-0.05, 0) is 25.5 Å². The first-order chi connectivity index (χ1) is 8.57. The first kappa shape index (κ1) is 11.0. The van der Waals surface area contributed by atoms with Gasteiger partial charge in [-0.2, -0.15) is 4.99 Å². The van der Waals surface area contributed by atoms with Crippen molar-refractivity contribution in [2.24, 2.45) is 15.7 Å². The number of benzene rings is 1. The van der Waals surface area contributed by atoms with E-state index < -0.39 is 0 Å². The number of nitrogens with zero attached hydrogens (tertiary/aromatic N) is 3. The van der Waals surface area contributed by atoms with Gasteiger partial charge in [-0.1, -0.05) is 29.8 Å². The topological polar surface area (TPSA) is 54.0 Å². The molecule has 1 atom stereocenters. The number of aryl methyl sites for hydroxylation is 1. The molecule has 0 spiro atoms. The highest BCUT2D eigenvalue weighted by Crippen LogP contribution is 2.33. The molecule has 0 fully saturated rings. The number of fused-ring (bicyclic) bond motifs is 1. The summed E-state index contributed by atoms with van der Waals surface area (Å²) in [5.74, 6) is 1.22. The average molecular weight is 240 g/mol. The molecule has 4 nitrogen and oxygen atoms in total. The molecule has 0 saturated heterocycles. The molecular weight excluding hydrogens is 224 g/mol. The molecule has 1 aromatic carbocycles. The summed E-state index contributed by atoms with van der Waals surface area (Å²) in [6.45, 7) is 5.03. The van der Waals surface area contributed by atoms with Gasteiger partial charge in [0, 0.05) is 6.20 Å². The van der Waals surface area contributed by atoms with Crippen LogP contribution in [0.3, 0.4) is 0 Å². The zero-order valence-electron chi connectivity index (χ0n) is 10.6. The molecule has 1 unspecified atom stereocenters. The number of hydrogen-bond acceptors (Lipinski definition) is 4. The van der Waals surface area contributed by atoms with Gasteiger partial charge in [0.2, 0.25) is 5.96 Å². The van der Waals surface area contributed by atoms with Crippen LogP contribution < -0.4 is 5.73 Å². The lowest BCUT2D eigenvalue weighted by atomic mass is 9.92. The Morgan fingerprint density at radius 2 is 2.22 bits per heavy atom. The largest absolute Gasteiger partial charge is 0.384 e. The predicted octanol–water partition coefficient (Wildman–Crippen LogP) is 1.77. The summed E-state index contributed by atoms with van der Waals surface area (Å²) in [5.41, 5.74) is 7.91. The van der Waals surface area contributed by atoms with Crippen LogP contribution in [0.15, 0.2) is 46.5 Å². The second-order valence-electron chi connectivity index (χ2n) is 5.04. The molecule has 2 aliphatic heterocycles. The molecule has 0 aliphatic carbocycles. The number of aliphatic imine (C=N–C) groups is 2. The van der Waals surface area contributed by atoms with Gasteiger partial charge in [-0.15, -0.1) is 0 Å². The molecule has 0 saturated carbocycles. The van der Waals surface area contributed by atoms with Crippen LogP contribution in [0.4, 0.5) is 0 Å². The van der Waals surface area contributed by atoms with Crippen molar-refractivity contribution in [1.82, 2.24) is 4.90 Å². The second-order valence-corrected chi connectivity index (χ2v) is 5.04. The third-order valence-electron chi connectivity index (χ3n) is 3.38. The fourth-order valence-electron chi connectivity index (χ4n) is 2.39. The third-order valence-corrected chi connectivity index (χ3v) is 3.38. The van der Waals surface area contributed by atoms with Crippen LogP contribution in [0.2, 0.25) is 0 Å². The minimum atomic E-state index is -0.250. The van der Waals surface area contributed by atoms with Crippen LogP contribution in [0.1, 0.15) is 18.1 Å². The van der Waals surface area contributed by atoms with Crippen LogP contribution in [0.5, 0.6) is 0 Å². The number of guanidine groups is 1. The minimum absolute atomic E-state index is 0.250. The Balaban J connectivity index is 2.02. The predicted molar refractivity (Wildman–Crippen MR) is 73.4 cm³/mol. The number of amidine groups is 1. The molecule has 92 valence electrons. The minimum Gasteiger partial charge on any atom is -0.384 e. The zero-order chi connectivity index (χ0) is 12.8. The summed E-state index contributed by atoms with van der Waals surface area (Å²) in [5, 5.41) is 0. The van der Waals surface area contributed by atoms with Crippen molar-refractivity contribution in [2.45, 2.75) is 19.4 Å². The molecule has 0 bridgehead atoms. The van der Waals surface area contributed by atoms with Crippen LogP contribution in [0.25, 0.3) is 0 Å². The van der Waals surface area contributed by atoms with E-state index in [1.54, 1.807) is 6.08 Å².